The third-order valence-corrected chi connectivity index (χ3v) is 4.39. The van der Waals surface area contributed by atoms with Crippen LogP contribution in [0.5, 0.6) is 0 Å². The maximum Gasteiger partial charge on any atom is 0.214 e. The van der Waals surface area contributed by atoms with Gasteiger partial charge in [-0.1, -0.05) is 6.42 Å². The second-order valence-electron chi connectivity index (χ2n) is 6.29. The average molecular weight is 345 g/mol. The van der Waals surface area contributed by atoms with Gasteiger partial charge in [0, 0.05) is 19.5 Å². The number of oxazole rings is 1. The first-order valence-corrected chi connectivity index (χ1v) is 9.03. The van der Waals surface area contributed by atoms with Gasteiger partial charge in [-0.05, 0) is 33.6 Å². The van der Waals surface area contributed by atoms with Crippen LogP contribution < -0.4 is 10.6 Å². The van der Waals surface area contributed by atoms with Gasteiger partial charge >= 0.3 is 0 Å². The summed E-state index contributed by atoms with van der Waals surface area (Å²) in [4.78, 5) is 9.02. The number of nitrogens with zero attached hydrogens (tertiary/aromatic N) is 5. The molecule has 2 aromatic rings. The number of nitrogens with one attached hydrogen (secondary N) is 2. The molecule has 25 heavy (non-hydrogen) atoms. The van der Waals surface area contributed by atoms with Gasteiger partial charge in [0.25, 0.3) is 0 Å². The summed E-state index contributed by atoms with van der Waals surface area (Å²) < 4.78 is 7.82. The summed E-state index contributed by atoms with van der Waals surface area (Å²) in [5.41, 5.74) is 0.921. The Labute approximate surface area is 148 Å². The van der Waals surface area contributed by atoms with Crippen LogP contribution in [-0.2, 0) is 26.1 Å². The zero-order chi connectivity index (χ0) is 17.6. The molecule has 1 aliphatic heterocycles. The van der Waals surface area contributed by atoms with Gasteiger partial charge in [0.15, 0.2) is 11.8 Å². The first-order chi connectivity index (χ1) is 12.2. The number of aryl methyl sites for hydroxylation is 3. The number of guanidine groups is 1. The van der Waals surface area contributed by atoms with E-state index in [0.717, 1.165) is 48.6 Å². The molecular formula is C17H27N7O. The van der Waals surface area contributed by atoms with E-state index in [1.165, 1.54) is 19.3 Å². The predicted molar refractivity (Wildman–Crippen MR) is 95.2 cm³/mol. The Morgan fingerprint density at radius 2 is 2.08 bits per heavy atom. The van der Waals surface area contributed by atoms with Gasteiger partial charge in [0.1, 0.15) is 18.1 Å². The summed E-state index contributed by atoms with van der Waals surface area (Å²) in [6.07, 6.45) is 4.65. The first kappa shape index (κ1) is 17.4. The van der Waals surface area contributed by atoms with Crippen molar-refractivity contribution in [3.63, 3.8) is 0 Å². The molecule has 2 N–H and O–H groups in total. The maximum atomic E-state index is 5.60. The topological polar surface area (TPSA) is 93.2 Å². The summed E-state index contributed by atoms with van der Waals surface area (Å²) in [6, 6.07) is 0. The lowest BCUT2D eigenvalue weighted by molar-refractivity contribution is 0.463. The Morgan fingerprint density at radius 3 is 2.84 bits per heavy atom. The Balaban J connectivity index is 1.65. The van der Waals surface area contributed by atoms with E-state index in [-0.39, 0.29) is 0 Å². The number of hydrogen-bond acceptors (Lipinski definition) is 5. The lowest BCUT2D eigenvalue weighted by atomic mass is 10.2. The summed E-state index contributed by atoms with van der Waals surface area (Å²) >= 11 is 0. The molecular weight excluding hydrogens is 318 g/mol. The van der Waals surface area contributed by atoms with E-state index in [9.17, 15) is 0 Å². The minimum atomic E-state index is 0.498. The van der Waals surface area contributed by atoms with Crippen LogP contribution in [0.1, 0.15) is 55.2 Å². The standard InChI is InChI=1S/C17H27N7O/c1-4-18-17(20-11-16-21-12(2)13(3)25-16)19-10-15-23-22-14-8-6-5-7-9-24(14)15/h4-11H2,1-3H3,(H2,18,19,20). The Hall–Kier alpha value is -2.38. The molecule has 0 aromatic carbocycles. The quantitative estimate of drug-likeness (QED) is 0.635. The van der Waals surface area contributed by atoms with E-state index in [0.29, 0.717) is 19.0 Å². The Bertz CT molecular complexity index is 712. The van der Waals surface area contributed by atoms with Gasteiger partial charge in [0.2, 0.25) is 5.89 Å². The first-order valence-electron chi connectivity index (χ1n) is 9.03. The molecule has 3 heterocycles. The second kappa shape index (κ2) is 8.13. The molecule has 8 nitrogen and oxygen atoms in total. The fraction of sp³-hybridized carbons (Fsp3) is 0.647. The molecule has 3 rings (SSSR count). The number of aliphatic imine (C=N–C) groups is 1. The fourth-order valence-electron chi connectivity index (χ4n) is 2.93. The molecule has 0 unspecified atom stereocenters. The van der Waals surface area contributed by atoms with Gasteiger partial charge < -0.3 is 19.6 Å². The van der Waals surface area contributed by atoms with Gasteiger partial charge in [-0.2, -0.15) is 0 Å². The van der Waals surface area contributed by atoms with Crippen molar-refractivity contribution in [2.24, 2.45) is 4.99 Å². The van der Waals surface area contributed by atoms with Crippen LogP contribution >= 0.6 is 0 Å². The fourth-order valence-corrected chi connectivity index (χ4v) is 2.93. The van der Waals surface area contributed by atoms with Crippen molar-refractivity contribution < 1.29 is 4.42 Å². The van der Waals surface area contributed by atoms with Crippen molar-refractivity contribution >= 4 is 5.96 Å². The Kier molecular flexibility index (Phi) is 5.67. The Morgan fingerprint density at radius 1 is 1.20 bits per heavy atom. The van der Waals surface area contributed by atoms with Crippen LogP contribution in [0.15, 0.2) is 9.41 Å². The smallest absolute Gasteiger partial charge is 0.214 e. The van der Waals surface area contributed by atoms with Gasteiger partial charge in [-0.15, -0.1) is 10.2 Å². The predicted octanol–water partition coefficient (Wildman–Crippen LogP) is 1.86. The van der Waals surface area contributed by atoms with Gasteiger partial charge in [0.05, 0.1) is 12.2 Å². The highest BCUT2D eigenvalue weighted by atomic mass is 16.4. The summed E-state index contributed by atoms with van der Waals surface area (Å²) in [6.45, 7) is 8.68. The van der Waals surface area contributed by atoms with Gasteiger partial charge in [-0.3, -0.25) is 0 Å². The minimum absolute atomic E-state index is 0.498. The van der Waals surface area contributed by atoms with Crippen molar-refractivity contribution in [2.75, 3.05) is 6.54 Å². The van der Waals surface area contributed by atoms with Crippen molar-refractivity contribution in [3.8, 4) is 0 Å². The van der Waals surface area contributed by atoms with Crippen LogP contribution in [0.4, 0.5) is 0 Å². The van der Waals surface area contributed by atoms with Crippen LogP contribution in [-0.4, -0.2) is 32.3 Å². The number of rotatable bonds is 5. The lowest BCUT2D eigenvalue weighted by Crippen LogP contribution is -2.37. The average Bonchev–Trinajstić information content (AvgIpc) is 3.03. The summed E-state index contributed by atoms with van der Waals surface area (Å²) in [5, 5.41) is 15.1. The van der Waals surface area contributed by atoms with E-state index in [4.69, 9.17) is 4.42 Å². The van der Waals surface area contributed by atoms with Gasteiger partial charge in [-0.25, -0.2) is 9.98 Å². The minimum Gasteiger partial charge on any atom is -0.444 e. The molecule has 1 aliphatic rings. The molecule has 0 aliphatic carbocycles. The normalized spacial score (nSPS) is 14.9. The zero-order valence-electron chi connectivity index (χ0n) is 15.3. The molecule has 0 radical (unpaired) electrons. The molecule has 0 amide bonds. The highest BCUT2D eigenvalue weighted by Crippen LogP contribution is 2.14. The van der Waals surface area contributed by atoms with Crippen LogP contribution in [0.2, 0.25) is 0 Å². The molecule has 0 bridgehead atoms. The number of fused-ring (bicyclic) bond motifs is 1. The van der Waals surface area contributed by atoms with Crippen molar-refractivity contribution in [2.45, 2.75) is 66.1 Å². The number of aromatic nitrogens is 4. The zero-order valence-corrected chi connectivity index (χ0v) is 15.3. The molecule has 8 heteroatoms. The molecule has 136 valence electrons. The highest BCUT2D eigenvalue weighted by molar-refractivity contribution is 5.79. The number of hydrogen-bond donors (Lipinski definition) is 2. The third kappa shape index (κ3) is 4.37. The molecule has 0 saturated heterocycles. The largest absolute Gasteiger partial charge is 0.444 e. The van der Waals surface area contributed by atoms with E-state index in [1.54, 1.807) is 0 Å². The van der Waals surface area contributed by atoms with E-state index in [1.807, 2.05) is 20.8 Å². The van der Waals surface area contributed by atoms with Crippen LogP contribution in [0, 0.1) is 13.8 Å². The third-order valence-electron chi connectivity index (χ3n) is 4.39. The maximum absolute atomic E-state index is 5.60. The molecule has 0 fully saturated rings. The SMILES string of the molecule is CCNC(=NCc1nnc2n1CCCCC2)NCc1nc(C)c(C)o1. The van der Waals surface area contributed by atoms with E-state index >= 15 is 0 Å². The van der Waals surface area contributed by atoms with Crippen LogP contribution in [0.25, 0.3) is 0 Å². The molecule has 2 aromatic heterocycles. The van der Waals surface area contributed by atoms with Crippen LogP contribution in [0.3, 0.4) is 0 Å². The molecule has 0 spiro atoms. The highest BCUT2D eigenvalue weighted by Gasteiger charge is 2.14. The lowest BCUT2D eigenvalue weighted by Gasteiger charge is -2.10. The van der Waals surface area contributed by atoms with E-state index in [2.05, 4.69) is 35.4 Å². The van der Waals surface area contributed by atoms with Crippen molar-refractivity contribution in [1.82, 2.24) is 30.4 Å². The molecule has 0 atom stereocenters. The van der Waals surface area contributed by atoms with Crippen molar-refractivity contribution in [1.29, 1.82) is 0 Å². The summed E-state index contributed by atoms with van der Waals surface area (Å²) in [5.74, 6) is 4.26. The van der Waals surface area contributed by atoms with E-state index < -0.39 is 0 Å². The van der Waals surface area contributed by atoms with Crippen molar-refractivity contribution in [3.05, 3.63) is 29.0 Å². The monoisotopic (exact) mass is 345 g/mol. The molecule has 0 saturated carbocycles. The summed E-state index contributed by atoms with van der Waals surface area (Å²) in [7, 11) is 0. The second-order valence-corrected chi connectivity index (χ2v) is 6.29.